The molecule has 0 spiro atoms. The first kappa shape index (κ1) is 11.5. The predicted molar refractivity (Wildman–Crippen MR) is 59.1 cm³/mol. The number of aromatic nitrogens is 2. The van der Waals surface area contributed by atoms with Crippen LogP contribution in [0.3, 0.4) is 0 Å². The molecule has 0 unspecified atom stereocenters. The van der Waals surface area contributed by atoms with Gasteiger partial charge in [-0.05, 0) is 12.8 Å². The van der Waals surface area contributed by atoms with E-state index in [1.165, 1.54) is 18.7 Å². The summed E-state index contributed by atoms with van der Waals surface area (Å²) in [6.07, 6.45) is 6.30. The second-order valence-corrected chi connectivity index (χ2v) is 4.10. The Hall–Kier alpha value is -1.98. The Morgan fingerprint density at radius 1 is 1.24 bits per heavy atom. The van der Waals surface area contributed by atoms with E-state index in [9.17, 15) is 9.59 Å². The first-order chi connectivity index (χ1) is 8.18. The molecule has 6 nitrogen and oxygen atoms in total. The molecule has 6 heteroatoms. The van der Waals surface area contributed by atoms with Crippen molar-refractivity contribution < 1.29 is 14.7 Å². The lowest BCUT2D eigenvalue weighted by Crippen LogP contribution is -2.30. The second kappa shape index (κ2) is 4.90. The minimum atomic E-state index is -0.896. The van der Waals surface area contributed by atoms with Gasteiger partial charge < -0.3 is 10.4 Å². The zero-order chi connectivity index (χ0) is 12.3. The van der Waals surface area contributed by atoms with E-state index in [0.29, 0.717) is 18.5 Å². The summed E-state index contributed by atoms with van der Waals surface area (Å²) in [5, 5.41) is 11.6. The lowest BCUT2D eigenvalue weighted by molar-refractivity contribution is -0.145. The molecule has 1 amide bonds. The summed E-state index contributed by atoms with van der Waals surface area (Å²) in [4.78, 5) is 30.4. The number of carboxylic acids is 1. The molecule has 1 aliphatic rings. The molecular formula is C11H13N3O3. The van der Waals surface area contributed by atoms with Gasteiger partial charge in [-0.3, -0.25) is 9.59 Å². The predicted octanol–water partition coefficient (Wildman–Crippen LogP) is 0.916. The maximum Gasteiger partial charge on any atom is 0.307 e. The van der Waals surface area contributed by atoms with Crippen LogP contribution in [0.15, 0.2) is 18.7 Å². The van der Waals surface area contributed by atoms with Gasteiger partial charge in [0.15, 0.2) is 0 Å². The number of aliphatic carboxylic acids is 1. The Labute approximate surface area is 98.1 Å². The minimum absolute atomic E-state index is 0.260. The molecule has 90 valence electrons. The van der Waals surface area contributed by atoms with Crippen LogP contribution in [0.5, 0.6) is 0 Å². The lowest BCUT2D eigenvalue weighted by Gasteiger charge is -2.14. The number of hydrogen-bond donors (Lipinski definition) is 2. The van der Waals surface area contributed by atoms with E-state index in [2.05, 4.69) is 15.3 Å². The van der Waals surface area contributed by atoms with Gasteiger partial charge in [0.25, 0.3) is 0 Å². The van der Waals surface area contributed by atoms with E-state index in [1.807, 2.05) is 0 Å². The van der Waals surface area contributed by atoms with Crippen molar-refractivity contribution in [1.82, 2.24) is 9.97 Å². The smallest absolute Gasteiger partial charge is 0.307 e. The number of carbonyl (C=O) groups is 2. The van der Waals surface area contributed by atoms with Crippen molar-refractivity contribution in [3.8, 4) is 0 Å². The highest BCUT2D eigenvalue weighted by molar-refractivity contribution is 5.95. The molecule has 1 aromatic rings. The number of rotatable bonds is 3. The van der Waals surface area contributed by atoms with Gasteiger partial charge in [-0.15, -0.1) is 0 Å². The zero-order valence-electron chi connectivity index (χ0n) is 9.17. The first-order valence-corrected chi connectivity index (χ1v) is 5.47. The Bertz CT molecular complexity index is 421. The Morgan fingerprint density at radius 2 is 1.88 bits per heavy atom. The molecule has 2 atom stereocenters. The van der Waals surface area contributed by atoms with Crippen molar-refractivity contribution >= 4 is 17.6 Å². The molecule has 1 saturated carbocycles. The van der Waals surface area contributed by atoms with Gasteiger partial charge in [0.1, 0.15) is 6.33 Å². The van der Waals surface area contributed by atoms with Crippen LogP contribution in [0.4, 0.5) is 5.69 Å². The third-order valence-electron chi connectivity index (χ3n) is 3.00. The molecule has 0 aliphatic heterocycles. The lowest BCUT2D eigenvalue weighted by atomic mass is 9.95. The SMILES string of the molecule is O=C(O)[C@H]1CCC[C@H]1C(=O)Nc1cncnc1. The van der Waals surface area contributed by atoms with Gasteiger partial charge in [-0.2, -0.15) is 0 Å². The molecular weight excluding hydrogens is 222 g/mol. The summed E-state index contributed by atoms with van der Waals surface area (Å²) in [5.74, 6) is -2.18. The zero-order valence-corrected chi connectivity index (χ0v) is 9.17. The standard InChI is InChI=1S/C11H13N3O3/c15-10(14-7-4-12-6-13-5-7)8-2-1-3-9(8)11(16)17/h4-6,8-9H,1-3H2,(H,14,15)(H,16,17)/t8-,9+/m1/s1. The van der Waals surface area contributed by atoms with Crippen LogP contribution in [0, 0.1) is 11.8 Å². The molecule has 17 heavy (non-hydrogen) atoms. The van der Waals surface area contributed by atoms with Gasteiger partial charge in [-0.25, -0.2) is 9.97 Å². The topological polar surface area (TPSA) is 92.2 Å². The van der Waals surface area contributed by atoms with E-state index in [0.717, 1.165) is 6.42 Å². The van der Waals surface area contributed by atoms with Gasteiger partial charge in [0.2, 0.25) is 5.91 Å². The summed E-state index contributed by atoms with van der Waals surface area (Å²) in [5.41, 5.74) is 0.494. The maximum atomic E-state index is 11.9. The van der Waals surface area contributed by atoms with Gasteiger partial charge in [0, 0.05) is 0 Å². The van der Waals surface area contributed by atoms with Crippen LogP contribution in [0.25, 0.3) is 0 Å². The van der Waals surface area contributed by atoms with Crippen LogP contribution < -0.4 is 5.32 Å². The highest BCUT2D eigenvalue weighted by atomic mass is 16.4. The normalized spacial score (nSPS) is 23.3. The van der Waals surface area contributed by atoms with Gasteiger partial charge in [-0.1, -0.05) is 6.42 Å². The summed E-state index contributed by atoms with van der Waals surface area (Å²) in [6.45, 7) is 0. The highest BCUT2D eigenvalue weighted by Crippen LogP contribution is 2.32. The fourth-order valence-corrected chi connectivity index (χ4v) is 2.17. The van der Waals surface area contributed by atoms with Crippen LogP contribution in [0.2, 0.25) is 0 Å². The Kier molecular flexibility index (Phi) is 3.32. The summed E-state index contributed by atoms with van der Waals surface area (Å²) >= 11 is 0. The first-order valence-electron chi connectivity index (χ1n) is 5.47. The molecule has 1 aromatic heterocycles. The molecule has 0 radical (unpaired) electrons. The highest BCUT2D eigenvalue weighted by Gasteiger charge is 2.37. The fraction of sp³-hybridized carbons (Fsp3) is 0.455. The number of carbonyl (C=O) groups excluding carboxylic acids is 1. The van der Waals surface area contributed by atoms with Crippen LogP contribution in [0.1, 0.15) is 19.3 Å². The summed E-state index contributed by atoms with van der Waals surface area (Å²) < 4.78 is 0. The van der Waals surface area contributed by atoms with Gasteiger partial charge >= 0.3 is 5.97 Å². The Balaban J connectivity index is 2.03. The number of nitrogens with one attached hydrogen (secondary N) is 1. The number of anilines is 1. The third kappa shape index (κ3) is 2.58. The van der Waals surface area contributed by atoms with E-state index >= 15 is 0 Å². The average Bonchev–Trinajstić information content (AvgIpc) is 2.79. The van der Waals surface area contributed by atoms with Crippen LogP contribution >= 0.6 is 0 Å². The van der Waals surface area contributed by atoms with E-state index in [4.69, 9.17) is 5.11 Å². The number of hydrogen-bond acceptors (Lipinski definition) is 4. The Morgan fingerprint density at radius 3 is 2.53 bits per heavy atom. The average molecular weight is 235 g/mol. The van der Waals surface area contributed by atoms with E-state index in [1.54, 1.807) is 0 Å². The summed E-state index contributed by atoms with van der Waals surface area (Å²) in [6, 6.07) is 0. The van der Waals surface area contributed by atoms with Crippen molar-refractivity contribution in [3.63, 3.8) is 0 Å². The molecule has 1 aliphatic carbocycles. The molecule has 0 saturated heterocycles. The largest absolute Gasteiger partial charge is 0.481 e. The van der Waals surface area contributed by atoms with E-state index < -0.39 is 17.8 Å². The summed E-state index contributed by atoms with van der Waals surface area (Å²) in [7, 11) is 0. The molecule has 2 N–H and O–H groups in total. The number of amides is 1. The molecule has 0 bridgehead atoms. The fourth-order valence-electron chi connectivity index (χ4n) is 2.17. The van der Waals surface area contributed by atoms with Crippen LogP contribution in [-0.2, 0) is 9.59 Å². The molecule has 1 fully saturated rings. The minimum Gasteiger partial charge on any atom is -0.481 e. The number of carboxylic acid groups (broad SMARTS) is 1. The quantitative estimate of drug-likeness (QED) is 0.812. The van der Waals surface area contributed by atoms with Crippen molar-refractivity contribution in [1.29, 1.82) is 0 Å². The molecule has 1 heterocycles. The molecule has 0 aromatic carbocycles. The van der Waals surface area contributed by atoms with Crippen molar-refractivity contribution in [2.24, 2.45) is 11.8 Å². The number of nitrogens with zero attached hydrogens (tertiary/aromatic N) is 2. The third-order valence-corrected chi connectivity index (χ3v) is 3.00. The molecule has 2 rings (SSSR count). The van der Waals surface area contributed by atoms with Crippen molar-refractivity contribution in [2.75, 3.05) is 5.32 Å². The van der Waals surface area contributed by atoms with Crippen molar-refractivity contribution in [2.45, 2.75) is 19.3 Å². The van der Waals surface area contributed by atoms with Gasteiger partial charge in [0.05, 0.1) is 29.9 Å². The van der Waals surface area contributed by atoms with Crippen LogP contribution in [-0.4, -0.2) is 27.0 Å². The maximum absolute atomic E-state index is 11.9. The van der Waals surface area contributed by atoms with Crippen molar-refractivity contribution in [3.05, 3.63) is 18.7 Å². The second-order valence-electron chi connectivity index (χ2n) is 4.10. The monoisotopic (exact) mass is 235 g/mol. The van der Waals surface area contributed by atoms with E-state index in [-0.39, 0.29) is 5.91 Å².